The standard InChI is InChI=1S/C16H9N5/c17-10-12-9-11-5-1-2-6-13(11)18-16(12)21-15-8-4-3-7-14(15)19-20-21/h1-9H. The molecule has 0 aliphatic rings. The highest BCUT2D eigenvalue weighted by Gasteiger charge is 2.13. The first-order chi connectivity index (χ1) is 10.4. The average Bonchev–Trinajstić information content (AvgIpc) is 2.97. The van der Waals surface area contributed by atoms with E-state index >= 15 is 0 Å². The lowest BCUT2D eigenvalue weighted by Gasteiger charge is -2.06. The molecule has 0 saturated heterocycles. The Morgan fingerprint density at radius 3 is 2.57 bits per heavy atom. The van der Waals surface area contributed by atoms with Gasteiger partial charge in [-0.15, -0.1) is 5.10 Å². The number of pyridine rings is 1. The van der Waals surface area contributed by atoms with E-state index in [9.17, 15) is 5.26 Å². The van der Waals surface area contributed by atoms with Crippen LogP contribution in [0.2, 0.25) is 0 Å². The molecule has 5 heteroatoms. The summed E-state index contributed by atoms with van der Waals surface area (Å²) in [7, 11) is 0. The van der Waals surface area contributed by atoms with Crippen LogP contribution in [0.1, 0.15) is 5.56 Å². The molecular formula is C16H9N5. The molecule has 0 N–H and O–H groups in total. The number of para-hydroxylation sites is 2. The van der Waals surface area contributed by atoms with Gasteiger partial charge in [-0.1, -0.05) is 35.5 Å². The van der Waals surface area contributed by atoms with Gasteiger partial charge in [-0.2, -0.15) is 9.94 Å². The minimum atomic E-state index is 0.476. The molecule has 0 atom stereocenters. The smallest absolute Gasteiger partial charge is 0.174 e. The number of benzene rings is 2. The average molecular weight is 271 g/mol. The van der Waals surface area contributed by atoms with Gasteiger partial charge in [-0.3, -0.25) is 0 Å². The van der Waals surface area contributed by atoms with E-state index in [-0.39, 0.29) is 0 Å². The second kappa shape index (κ2) is 4.39. The SMILES string of the molecule is N#Cc1cc2ccccc2nc1-n1nnc2ccccc21. The van der Waals surface area contributed by atoms with E-state index in [1.165, 1.54) is 0 Å². The minimum Gasteiger partial charge on any atom is -0.227 e. The topological polar surface area (TPSA) is 67.4 Å². The van der Waals surface area contributed by atoms with Crippen LogP contribution in [-0.4, -0.2) is 20.0 Å². The molecule has 0 amide bonds. The Morgan fingerprint density at radius 1 is 0.952 bits per heavy atom. The lowest BCUT2D eigenvalue weighted by atomic mass is 10.1. The zero-order chi connectivity index (χ0) is 14.2. The Labute approximate surface area is 120 Å². The predicted octanol–water partition coefficient (Wildman–Crippen LogP) is 2.84. The summed E-state index contributed by atoms with van der Waals surface area (Å²) in [6, 6.07) is 19.3. The van der Waals surface area contributed by atoms with Crippen LogP contribution in [0.3, 0.4) is 0 Å². The second-order valence-electron chi connectivity index (χ2n) is 4.65. The van der Waals surface area contributed by atoms with Crippen LogP contribution in [0.4, 0.5) is 0 Å². The monoisotopic (exact) mass is 271 g/mol. The van der Waals surface area contributed by atoms with Crippen molar-refractivity contribution in [1.82, 2.24) is 20.0 Å². The third-order valence-electron chi connectivity index (χ3n) is 3.38. The number of nitrogens with zero attached hydrogens (tertiary/aromatic N) is 5. The highest BCUT2D eigenvalue weighted by molar-refractivity contribution is 5.83. The van der Waals surface area contributed by atoms with E-state index in [0.717, 1.165) is 21.9 Å². The molecule has 21 heavy (non-hydrogen) atoms. The fourth-order valence-corrected chi connectivity index (χ4v) is 2.37. The number of aromatic nitrogens is 4. The summed E-state index contributed by atoms with van der Waals surface area (Å²) in [5, 5.41) is 18.6. The van der Waals surface area contributed by atoms with Gasteiger partial charge in [0.25, 0.3) is 0 Å². The molecule has 2 aromatic carbocycles. The van der Waals surface area contributed by atoms with Crippen molar-refractivity contribution in [1.29, 1.82) is 5.26 Å². The molecule has 5 nitrogen and oxygen atoms in total. The molecule has 0 radical (unpaired) electrons. The fourth-order valence-electron chi connectivity index (χ4n) is 2.37. The van der Waals surface area contributed by atoms with Gasteiger partial charge in [0.05, 0.1) is 16.6 Å². The van der Waals surface area contributed by atoms with Crippen molar-refractivity contribution in [3.63, 3.8) is 0 Å². The number of hydrogen-bond acceptors (Lipinski definition) is 4. The third kappa shape index (κ3) is 1.74. The van der Waals surface area contributed by atoms with E-state index in [4.69, 9.17) is 0 Å². The van der Waals surface area contributed by atoms with Gasteiger partial charge >= 0.3 is 0 Å². The summed E-state index contributed by atoms with van der Waals surface area (Å²) >= 11 is 0. The Bertz CT molecular complexity index is 1010. The first-order valence-electron chi connectivity index (χ1n) is 6.47. The van der Waals surface area contributed by atoms with Crippen LogP contribution in [0.25, 0.3) is 27.8 Å². The molecule has 2 heterocycles. The van der Waals surface area contributed by atoms with E-state index < -0.39 is 0 Å². The first-order valence-corrected chi connectivity index (χ1v) is 6.47. The molecule has 0 bridgehead atoms. The van der Waals surface area contributed by atoms with Crippen LogP contribution >= 0.6 is 0 Å². The zero-order valence-corrected chi connectivity index (χ0v) is 10.9. The normalized spacial score (nSPS) is 10.8. The number of fused-ring (bicyclic) bond motifs is 2. The van der Waals surface area contributed by atoms with E-state index in [2.05, 4.69) is 21.4 Å². The third-order valence-corrected chi connectivity index (χ3v) is 3.38. The van der Waals surface area contributed by atoms with E-state index in [1.54, 1.807) is 4.68 Å². The maximum atomic E-state index is 9.40. The van der Waals surface area contributed by atoms with Crippen molar-refractivity contribution in [2.24, 2.45) is 0 Å². The van der Waals surface area contributed by atoms with Gasteiger partial charge in [0.1, 0.15) is 11.6 Å². The quantitative estimate of drug-likeness (QED) is 0.534. The molecular weight excluding hydrogens is 262 g/mol. The molecule has 0 unspecified atom stereocenters. The maximum absolute atomic E-state index is 9.40. The van der Waals surface area contributed by atoms with Crippen molar-refractivity contribution < 1.29 is 0 Å². The lowest BCUT2D eigenvalue weighted by molar-refractivity contribution is 0.803. The second-order valence-corrected chi connectivity index (χ2v) is 4.65. The zero-order valence-electron chi connectivity index (χ0n) is 10.9. The molecule has 0 saturated carbocycles. The van der Waals surface area contributed by atoms with Gasteiger partial charge < -0.3 is 0 Å². The van der Waals surface area contributed by atoms with Crippen LogP contribution in [0.15, 0.2) is 54.6 Å². The van der Waals surface area contributed by atoms with Crippen LogP contribution < -0.4 is 0 Å². The van der Waals surface area contributed by atoms with Crippen molar-refractivity contribution in [2.75, 3.05) is 0 Å². The molecule has 4 aromatic rings. The highest BCUT2D eigenvalue weighted by atomic mass is 15.4. The van der Waals surface area contributed by atoms with Crippen molar-refractivity contribution in [2.45, 2.75) is 0 Å². The molecule has 0 aliphatic heterocycles. The summed E-state index contributed by atoms with van der Waals surface area (Å²) in [6.07, 6.45) is 0. The van der Waals surface area contributed by atoms with Crippen molar-refractivity contribution in [3.05, 3.63) is 60.2 Å². The van der Waals surface area contributed by atoms with E-state index in [0.29, 0.717) is 11.4 Å². The minimum absolute atomic E-state index is 0.476. The van der Waals surface area contributed by atoms with E-state index in [1.807, 2.05) is 54.6 Å². The largest absolute Gasteiger partial charge is 0.227 e. The molecule has 0 aliphatic carbocycles. The Hall–Kier alpha value is -3.26. The summed E-state index contributed by atoms with van der Waals surface area (Å²) in [6.45, 7) is 0. The maximum Gasteiger partial charge on any atom is 0.174 e. The van der Waals surface area contributed by atoms with Crippen molar-refractivity contribution in [3.8, 4) is 11.9 Å². The first kappa shape index (κ1) is 11.6. The summed E-state index contributed by atoms with van der Waals surface area (Å²) < 4.78 is 1.61. The Balaban J connectivity index is 2.08. The molecule has 2 aromatic heterocycles. The van der Waals surface area contributed by atoms with Crippen LogP contribution in [0, 0.1) is 11.3 Å². The Kier molecular flexibility index (Phi) is 2.42. The van der Waals surface area contributed by atoms with Gasteiger partial charge in [0.2, 0.25) is 0 Å². The number of nitriles is 1. The van der Waals surface area contributed by atoms with Gasteiger partial charge in [0.15, 0.2) is 5.82 Å². The number of rotatable bonds is 1. The lowest BCUT2D eigenvalue weighted by Crippen LogP contribution is -2.03. The van der Waals surface area contributed by atoms with Gasteiger partial charge in [-0.05, 0) is 24.3 Å². The molecule has 0 spiro atoms. The van der Waals surface area contributed by atoms with Crippen molar-refractivity contribution >= 4 is 21.9 Å². The highest BCUT2D eigenvalue weighted by Crippen LogP contribution is 2.21. The summed E-state index contributed by atoms with van der Waals surface area (Å²) in [5.41, 5.74) is 2.91. The molecule has 98 valence electrons. The fraction of sp³-hybridized carbons (Fsp3) is 0. The Morgan fingerprint density at radius 2 is 1.71 bits per heavy atom. The predicted molar refractivity (Wildman–Crippen MR) is 78.9 cm³/mol. The van der Waals surface area contributed by atoms with Gasteiger partial charge in [0, 0.05) is 5.39 Å². The number of hydrogen-bond donors (Lipinski definition) is 0. The van der Waals surface area contributed by atoms with Crippen LogP contribution in [0.5, 0.6) is 0 Å². The summed E-state index contributed by atoms with van der Waals surface area (Å²) in [4.78, 5) is 4.58. The van der Waals surface area contributed by atoms with Gasteiger partial charge in [-0.25, -0.2) is 4.98 Å². The summed E-state index contributed by atoms with van der Waals surface area (Å²) in [5.74, 6) is 0.505. The van der Waals surface area contributed by atoms with Crippen LogP contribution in [-0.2, 0) is 0 Å². The molecule has 4 rings (SSSR count). The molecule has 0 fully saturated rings.